The highest BCUT2D eigenvalue weighted by molar-refractivity contribution is 5.73. The van der Waals surface area contributed by atoms with Crippen molar-refractivity contribution in [1.82, 2.24) is 0 Å². The third-order valence-electron chi connectivity index (χ3n) is 6.96. The van der Waals surface area contributed by atoms with E-state index in [9.17, 15) is 9.90 Å². The second-order valence-corrected chi connectivity index (χ2v) is 12.5. The third kappa shape index (κ3) is 13.4. The molecular formula is C32H56O3. The number of benzene rings is 1. The van der Waals surface area contributed by atoms with Crippen LogP contribution >= 0.6 is 0 Å². The van der Waals surface area contributed by atoms with E-state index in [4.69, 9.17) is 4.74 Å². The van der Waals surface area contributed by atoms with Gasteiger partial charge in [0.05, 0.1) is 0 Å². The van der Waals surface area contributed by atoms with Gasteiger partial charge in [0.1, 0.15) is 0 Å². The molecule has 1 N–H and O–H groups in total. The molecule has 1 rings (SSSR count). The van der Waals surface area contributed by atoms with Crippen molar-refractivity contribution in [1.29, 1.82) is 0 Å². The van der Waals surface area contributed by atoms with Gasteiger partial charge in [0, 0.05) is 12.0 Å². The van der Waals surface area contributed by atoms with Crippen LogP contribution in [0, 0.1) is 0 Å². The molecule has 0 bridgehead atoms. The molecule has 0 unspecified atom stereocenters. The van der Waals surface area contributed by atoms with Crippen molar-refractivity contribution in [3.05, 3.63) is 23.3 Å². The molecule has 0 saturated heterocycles. The lowest BCUT2D eigenvalue weighted by molar-refractivity contribution is -0.134. The Kier molecular flexibility index (Phi) is 14.7. The summed E-state index contributed by atoms with van der Waals surface area (Å²) in [5, 5.41) is 10.8. The number of carbonyl (C=O) groups is 1. The van der Waals surface area contributed by atoms with Gasteiger partial charge in [-0.3, -0.25) is 4.79 Å². The molecule has 1 aromatic carbocycles. The van der Waals surface area contributed by atoms with Gasteiger partial charge in [-0.2, -0.15) is 0 Å². The minimum Gasteiger partial charge on any atom is -0.504 e. The summed E-state index contributed by atoms with van der Waals surface area (Å²) in [5.74, 6) is 0.143. The minimum atomic E-state index is -0.249. The van der Waals surface area contributed by atoms with Gasteiger partial charge in [-0.05, 0) is 28.9 Å². The Labute approximate surface area is 217 Å². The van der Waals surface area contributed by atoms with Gasteiger partial charge < -0.3 is 9.84 Å². The molecular weight excluding hydrogens is 432 g/mol. The number of aromatic hydroxyl groups is 1. The van der Waals surface area contributed by atoms with Crippen molar-refractivity contribution in [2.24, 2.45) is 0 Å². The van der Waals surface area contributed by atoms with Gasteiger partial charge in [0.15, 0.2) is 11.5 Å². The van der Waals surface area contributed by atoms with E-state index in [2.05, 4.69) is 48.5 Å². The van der Waals surface area contributed by atoms with Crippen LogP contribution in [0.25, 0.3) is 0 Å². The molecule has 0 heterocycles. The van der Waals surface area contributed by atoms with E-state index in [0.29, 0.717) is 12.2 Å². The van der Waals surface area contributed by atoms with Crippen molar-refractivity contribution in [2.45, 2.75) is 162 Å². The number of hydrogen-bond acceptors (Lipinski definition) is 3. The zero-order valence-corrected chi connectivity index (χ0v) is 24.2. The fraction of sp³-hybridized carbons (Fsp3) is 0.781. The number of phenols is 1. The Morgan fingerprint density at radius 1 is 0.686 bits per heavy atom. The second kappa shape index (κ2) is 16.3. The molecule has 0 saturated carbocycles. The van der Waals surface area contributed by atoms with Gasteiger partial charge in [-0.15, -0.1) is 0 Å². The SMILES string of the molecule is CCCCCCCCCCCCCCCCCC(=O)Oc1cc(C(C)(C)C)cc(C(C)(C)C)c1O. The number of unbranched alkanes of at least 4 members (excludes halogenated alkanes) is 14. The van der Waals surface area contributed by atoms with Crippen LogP contribution in [0.2, 0.25) is 0 Å². The second-order valence-electron chi connectivity index (χ2n) is 12.5. The van der Waals surface area contributed by atoms with E-state index in [-0.39, 0.29) is 22.5 Å². The molecule has 1 aromatic rings. The molecule has 0 atom stereocenters. The third-order valence-corrected chi connectivity index (χ3v) is 6.96. The highest BCUT2D eigenvalue weighted by Crippen LogP contribution is 2.41. The summed E-state index contributed by atoms with van der Waals surface area (Å²) in [7, 11) is 0. The van der Waals surface area contributed by atoms with Crippen molar-refractivity contribution in [2.75, 3.05) is 0 Å². The van der Waals surface area contributed by atoms with Crippen LogP contribution in [0.1, 0.15) is 162 Å². The van der Waals surface area contributed by atoms with Crippen molar-refractivity contribution < 1.29 is 14.6 Å². The normalized spacial score (nSPS) is 12.2. The van der Waals surface area contributed by atoms with Crippen LogP contribution in [-0.4, -0.2) is 11.1 Å². The maximum Gasteiger partial charge on any atom is 0.311 e. The fourth-order valence-corrected chi connectivity index (χ4v) is 4.50. The Balaban J connectivity index is 2.25. The highest BCUT2D eigenvalue weighted by Gasteiger charge is 2.26. The first-order valence-electron chi connectivity index (χ1n) is 14.6. The number of ether oxygens (including phenoxy) is 1. The quantitative estimate of drug-likeness (QED) is 0.135. The lowest BCUT2D eigenvalue weighted by Crippen LogP contribution is -2.18. The number of esters is 1. The molecule has 0 aromatic heterocycles. The topological polar surface area (TPSA) is 46.5 Å². The highest BCUT2D eigenvalue weighted by atomic mass is 16.5. The molecule has 0 aliphatic heterocycles. The summed E-state index contributed by atoms with van der Waals surface area (Å²) in [5.41, 5.74) is 1.55. The van der Waals surface area contributed by atoms with Crippen LogP contribution in [0.5, 0.6) is 11.5 Å². The lowest BCUT2D eigenvalue weighted by atomic mass is 9.80. The summed E-state index contributed by atoms with van der Waals surface area (Å²) in [6, 6.07) is 3.87. The number of rotatable bonds is 17. The minimum absolute atomic E-state index is 0.0929. The van der Waals surface area contributed by atoms with Crippen LogP contribution in [0.3, 0.4) is 0 Å². The summed E-state index contributed by atoms with van der Waals surface area (Å²) in [4.78, 5) is 12.5. The van der Waals surface area contributed by atoms with E-state index in [1.54, 1.807) is 0 Å². The zero-order valence-electron chi connectivity index (χ0n) is 24.2. The van der Waals surface area contributed by atoms with E-state index in [1.165, 1.54) is 83.5 Å². The average molecular weight is 489 g/mol. The van der Waals surface area contributed by atoms with Gasteiger partial charge in [0.2, 0.25) is 0 Å². The molecule has 35 heavy (non-hydrogen) atoms. The fourth-order valence-electron chi connectivity index (χ4n) is 4.50. The predicted octanol–water partition coefficient (Wildman–Crippen LogP) is 10.2. The first kappa shape index (κ1) is 31.5. The Bertz CT molecular complexity index is 722. The number of phenolic OH excluding ortho intramolecular Hbond substituents is 1. The van der Waals surface area contributed by atoms with E-state index < -0.39 is 0 Å². The Morgan fingerprint density at radius 3 is 1.51 bits per heavy atom. The van der Waals surface area contributed by atoms with E-state index >= 15 is 0 Å². The van der Waals surface area contributed by atoms with Gasteiger partial charge in [-0.1, -0.05) is 144 Å². The Hall–Kier alpha value is -1.51. The van der Waals surface area contributed by atoms with Gasteiger partial charge in [-0.25, -0.2) is 0 Å². The van der Waals surface area contributed by atoms with Crippen molar-refractivity contribution >= 4 is 5.97 Å². The van der Waals surface area contributed by atoms with Crippen LogP contribution in [0.4, 0.5) is 0 Å². The summed E-state index contributed by atoms with van der Waals surface area (Å²) < 4.78 is 5.65. The summed E-state index contributed by atoms with van der Waals surface area (Å²) in [6.45, 7) is 14.9. The monoisotopic (exact) mass is 488 g/mol. The molecule has 202 valence electrons. The molecule has 3 heteroatoms. The van der Waals surface area contributed by atoms with Gasteiger partial charge in [0.25, 0.3) is 0 Å². The standard InChI is InChI=1S/C32H56O3/c1-8-9-10-11-12-13-14-15-16-17-18-19-20-21-22-23-29(33)35-28-25-26(31(2,3)4)24-27(30(28)34)32(5,6)7/h24-25,34H,8-23H2,1-7H3. The van der Waals surface area contributed by atoms with Crippen molar-refractivity contribution in [3.63, 3.8) is 0 Å². The first-order valence-corrected chi connectivity index (χ1v) is 14.6. The average Bonchev–Trinajstić information content (AvgIpc) is 2.76. The molecule has 0 fully saturated rings. The maximum atomic E-state index is 12.5. The number of hydrogen-bond donors (Lipinski definition) is 1. The van der Waals surface area contributed by atoms with Crippen LogP contribution in [0.15, 0.2) is 12.1 Å². The van der Waals surface area contributed by atoms with Gasteiger partial charge >= 0.3 is 5.97 Å². The zero-order chi connectivity index (χ0) is 26.3. The molecule has 0 aliphatic carbocycles. The molecule has 0 spiro atoms. The van der Waals surface area contributed by atoms with E-state index in [1.807, 2.05) is 12.1 Å². The first-order chi connectivity index (χ1) is 16.5. The van der Waals surface area contributed by atoms with Crippen LogP contribution < -0.4 is 4.74 Å². The lowest BCUT2D eigenvalue weighted by Gasteiger charge is -2.27. The maximum absolute atomic E-state index is 12.5. The van der Waals surface area contributed by atoms with Crippen LogP contribution in [-0.2, 0) is 15.6 Å². The van der Waals surface area contributed by atoms with E-state index in [0.717, 1.165) is 24.0 Å². The largest absolute Gasteiger partial charge is 0.504 e. The molecule has 0 aliphatic rings. The van der Waals surface area contributed by atoms with Crippen molar-refractivity contribution in [3.8, 4) is 11.5 Å². The molecule has 0 radical (unpaired) electrons. The number of carbonyl (C=O) groups excluding carboxylic acids is 1. The summed E-state index contributed by atoms with van der Waals surface area (Å²) in [6.07, 6.45) is 20.0. The Morgan fingerprint density at radius 2 is 1.11 bits per heavy atom. The summed E-state index contributed by atoms with van der Waals surface area (Å²) >= 11 is 0. The smallest absolute Gasteiger partial charge is 0.311 e. The predicted molar refractivity (Wildman–Crippen MR) is 151 cm³/mol. The molecule has 3 nitrogen and oxygen atoms in total. The molecule has 0 amide bonds.